The molecular formula is C21H30IN5O. The fraction of sp³-hybridized carbons (Fsp3) is 0.524. The highest BCUT2D eigenvalue weighted by atomic mass is 127. The average Bonchev–Trinajstić information content (AvgIpc) is 3.37. The van der Waals surface area contributed by atoms with E-state index in [1.54, 1.807) is 0 Å². The van der Waals surface area contributed by atoms with Gasteiger partial charge in [0.2, 0.25) is 5.91 Å². The molecule has 2 heterocycles. The molecule has 0 bridgehead atoms. The Hall–Kier alpha value is -1.77. The molecule has 1 saturated carbocycles. The largest absolute Gasteiger partial charge is 0.364 e. The van der Waals surface area contributed by atoms with Crippen LogP contribution in [0, 0.1) is 0 Å². The van der Waals surface area contributed by atoms with Crippen LogP contribution in [0.2, 0.25) is 0 Å². The molecule has 0 aromatic heterocycles. The maximum atomic E-state index is 12.5. The predicted molar refractivity (Wildman–Crippen MR) is 124 cm³/mol. The number of anilines is 1. The maximum Gasteiger partial charge on any atom is 0.242 e. The molecule has 28 heavy (non-hydrogen) atoms. The van der Waals surface area contributed by atoms with Crippen LogP contribution in [0.3, 0.4) is 0 Å². The fourth-order valence-corrected chi connectivity index (χ4v) is 3.77. The first-order valence-electron chi connectivity index (χ1n) is 10.1. The van der Waals surface area contributed by atoms with Crippen molar-refractivity contribution in [1.82, 2.24) is 15.1 Å². The van der Waals surface area contributed by atoms with Gasteiger partial charge in [-0.3, -0.25) is 4.79 Å². The van der Waals surface area contributed by atoms with Gasteiger partial charge < -0.3 is 20.0 Å². The molecule has 1 aromatic rings. The molecular weight excluding hydrogens is 465 g/mol. The van der Waals surface area contributed by atoms with Gasteiger partial charge in [0.05, 0.1) is 13.1 Å². The van der Waals surface area contributed by atoms with Crippen molar-refractivity contribution < 1.29 is 4.79 Å². The van der Waals surface area contributed by atoms with Gasteiger partial charge in [-0.15, -0.1) is 24.0 Å². The van der Waals surface area contributed by atoms with Crippen LogP contribution in [0.1, 0.15) is 25.3 Å². The zero-order valence-electron chi connectivity index (χ0n) is 16.5. The lowest BCUT2D eigenvalue weighted by Gasteiger charge is -2.36. The number of benzene rings is 1. The van der Waals surface area contributed by atoms with Crippen molar-refractivity contribution in [2.75, 3.05) is 44.2 Å². The number of amides is 1. The molecule has 2 aliphatic heterocycles. The quantitative estimate of drug-likeness (QED) is 0.295. The van der Waals surface area contributed by atoms with Crippen LogP contribution in [0.5, 0.6) is 0 Å². The summed E-state index contributed by atoms with van der Waals surface area (Å²) in [7, 11) is 0. The minimum Gasteiger partial charge on any atom is -0.364 e. The molecule has 2 fully saturated rings. The van der Waals surface area contributed by atoms with E-state index in [1.165, 1.54) is 24.1 Å². The zero-order chi connectivity index (χ0) is 18.6. The fourth-order valence-electron chi connectivity index (χ4n) is 3.77. The van der Waals surface area contributed by atoms with Crippen molar-refractivity contribution in [3.8, 4) is 0 Å². The number of aliphatic imine (C=N–C) groups is 1. The van der Waals surface area contributed by atoms with Crippen LogP contribution < -0.4 is 10.2 Å². The van der Waals surface area contributed by atoms with E-state index in [4.69, 9.17) is 4.99 Å². The summed E-state index contributed by atoms with van der Waals surface area (Å²) in [5, 5.41) is 3.36. The molecule has 0 atom stereocenters. The number of halogens is 1. The highest BCUT2D eigenvalue weighted by Gasteiger charge is 2.36. The molecule has 6 nitrogen and oxygen atoms in total. The standard InChI is InChI=1S/C21H29N5O.HI/c1-2-22-21(25-12-13-26(18-8-9-18)20(27)16-25)23-15-17-6-5-7-19(14-17)24-10-3-4-11-24;/h3-7,14,18H,2,8-13,15-16H2,1H3,(H,22,23);1H. The van der Waals surface area contributed by atoms with E-state index in [0.29, 0.717) is 19.1 Å². The second-order valence-electron chi connectivity index (χ2n) is 7.46. The third-order valence-electron chi connectivity index (χ3n) is 5.38. The number of nitrogens with zero attached hydrogens (tertiary/aromatic N) is 4. The van der Waals surface area contributed by atoms with Crippen LogP contribution in [0.15, 0.2) is 41.4 Å². The molecule has 1 saturated heterocycles. The van der Waals surface area contributed by atoms with Gasteiger partial charge in [0, 0.05) is 44.5 Å². The Bertz CT molecular complexity index is 738. The highest BCUT2D eigenvalue weighted by molar-refractivity contribution is 14.0. The Balaban J connectivity index is 0.00000225. The third kappa shape index (κ3) is 4.98. The molecule has 0 spiro atoms. The van der Waals surface area contributed by atoms with Gasteiger partial charge in [-0.05, 0) is 37.5 Å². The number of piperazine rings is 1. The van der Waals surface area contributed by atoms with Crippen molar-refractivity contribution in [1.29, 1.82) is 0 Å². The summed E-state index contributed by atoms with van der Waals surface area (Å²) in [5.41, 5.74) is 2.43. The van der Waals surface area contributed by atoms with Crippen molar-refractivity contribution in [2.45, 2.75) is 32.4 Å². The van der Waals surface area contributed by atoms with Gasteiger partial charge in [-0.2, -0.15) is 0 Å². The molecule has 1 aliphatic carbocycles. The van der Waals surface area contributed by atoms with E-state index in [9.17, 15) is 4.79 Å². The van der Waals surface area contributed by atoms with Crippen LogP contribution >= 0.6 is 24.0 Å². The summed E-state index contributed by atoms with van der Waals surface area (Å²) in [4.78, 5) is 23.8. The molecule has 152 valence electrons. The number of guanidine groups is 1. The normalized spacial score (nSPS) is 19.8. The Morgan fingerprint density at radius 3 is 2.68 bits per heavy atom. The van der Waals surface area contributed by atoms with Crippen LogP contribution in [0.25, 0.3) is 0 Å². The van der Waals surface area contributed by atoms with Crippen molar-refractivity contribution >= 4 is 41.5 Å². The highest BCUT2D eigenvalue weighted by Crippen LogP contribution is 2.28. The maximum absolute atomic E-state index is 12.5. The minimum atomic E-state index is 0. The van der Waals surface area contributed by atoms with Crippen molar-refractivity contribution in [3.05, 3.63) is 42.0 Å². The van der Waals surface area contributed by atoms with Gasteiger partial charge in [-0.1, -0.05) is 24.3 Å². The summed E-state index contributed by atoms with van der Waals surface area (Å²) in [5.74, 6) is 1.08. The summed E-state index contributed by atoms with van der Waals surface area (Å²) in [6, 6.07) is 9.10. The van der Waals surface area contributed by atoms with E-state index < -0.39 is 0 Å². The smallest absolute Gasteiger partial charge is 0.242 e. The summed E-state index contributed by atoms with van der Waals surface area (Å²) in [6.07, 6.45) is 6.74. The van der Waals surface area contributed by atoms with E-state index in [0.717, 1.165) is 38.7 Å². The van der Waals surface area contributed by atoms with E-state index >= 15 is 0 Å². The second-order valence-corrected chi connectivity index (χ2v) is 7.46. The Kier molecular flexibility index (Phi) is 7.20. The first-order chi connectivity index (χ1) is 13.2. The van der Waals surface area contributed by atoms with Gasteiger partial charge in [0.25, 0.3) is 0 Å². The topological polar surface area (TPSA) is 51.2 Å². The molecule has 7 heteroatoms. The van der Waals surface area contributed by atoms with Crippen molar-refractivity contribution in [3.63, 3.8) is 0 Å². The number of hydrogen-bond acceptors (Lipinski definition) is 3. The Morgan fingerprint density at radius 2 is 2.00 bits per heavy atom. The number of carbonyl (C=O) groups excluding carboxylic acids is 1. The first-order valence-corrected chi connectivity index (χ1v) is 10.1. The first kappa shape index (κ1) is 21.0. The number of hydrogen-bond donors (Lipinski definition) is 1. The van der Waals surface area contributed by atoms with Crippen molar-refractivity contribution in [2.24, 2.45) is 4.99 Å². The zero-order valence-corrected chi connectivity index (χ0v) is 18.8. The van der Waals surface area contributed by atoms with E-state index in [2.05, 4.69) is 58.5 Å². The lowest BCUT2D eigenvalue weighted by molar-refractivity contribution is -0.135. The number of nitrogens with one attached hydrogen (secondary N) is 1. The average molecular weight is 495 g/mol. The van der Waals surface area contributed by atoms with Crippen LogP contribution in [-0.2, 0) is 11.3 Å². The third-order valence-corrected chi connectivity index (χ3v) is 5.38. The number of carbonyl (C=O) groups is 1. The van der Waals surface area contributed by atoms with Gasteiger partial charge in [-0.25, -0.2) is 4.99 Å². The molecule has 0 unspecified atom stereocenters. The Labute approximate surface area is 184 Å². The molecule has 1 aromatic carbocycles. The lowest BCUT2D eigenvalue weighted by Crippen LogP contribution is -2.55. The monoisotopic (exact) mass is 495 g/mol. The molecule has 0 radical (unpaired) electrons. The minimum absolute atomic E-state index is 0. The SMILES string of the molecule is CCNC(=NCc1cccc(N2CC=CC2)c1)N1CCN(C2CC2)C(=O)C1.I. The molecule has 1 amide bonds. The number of rotatable bonds is 5. The predicted octanol–water partition coefficient (Wildman–Crippen LogP) is 2.45. The molecule has 1 N–H and O–H groups in total. The van der Waals surface area contributed by atoms with E-state index in [-0.39, 0.29) is 29.9 Å². The second kappa shape index (κ2) is 9.62. The van der Waals surface area contributed by atoms with Gasteiger partial charge in [0.1, 0.15) is 0 Å². The summed E-state index contributed by atoms with van der Waals surface area (Å²) >= 11 is 0. The summed E-state index contributed by atoms with van der Waals surface area (Å²) < 4.78 is 0. The van der Waals surface area contributed by atoms with Gasteiger partial charge >= 0.3 is 0 Å². The van der Waals surface area contributed by atoms with Crippen LogP contribution in [-0.4, -0.2) is 67.0 Å². The molecule has 4 rings (SSSR count). The van der Waals surface area contributed by atoms with Gasteiger partial charge in [0.15, 0.2) is 5.96 Å². The lowest BCUT2D eigenvalue weighted by atomic mass is 10.2. The summed E-state index contributed by atoms with van der Waals surface area (Å²) in [6.45, 7) is 7.54. The van der Waals surface area contributed by atoms with Crippen LogP contribution in [0.4, 0.5) is 5.69 Å². The van der Waals surface area contributed by atoms with E-state index in [1.807, 2.05) is 4.90 Å². The Morgan fingerprint density at radius 1 is 1.21 bits per heavy atom. The molecule has 3 aliphatic rings.